The Kier molecular flexibility index (Phi) is 2.68. The van der Waals surface area contributed by atoms with Crippen LogP contribution in [0.4, 0.5) is 0 Å². The molecule has 2 aromatic rings. The Morgan fingerprint density at radius 2 is 1.78 bits per heavy atom. The van der Waals surface area contributed by atoms with Crippen molar-refractivity contribution in [1.29, 1.82) is 0 Å². The minimum Gasteiger partial charge on any atom is -0.508 e. The number of hydrogen-bond donors (Lipinski definition) is 2. The van der Waals surface area contributed by atoms with E-state index >= 15 is 0 Å². The van der Waals surface area contributed by atoms with E-state index in [9.17, 15) is 10.2 Å². The van der Waals surface area contributed by atoms with Crippen molar-refractivity contribution in [3.8, 4) is 11.5 Å². The predicted octanol–water partition coefficient (Wildman–Crippen LogP) is 2.91. The van der Waals surface area contributed by atoms with Crippen molar-refractivity contribution in [2.75, 3.05) is 0 Å². The first-order valence-corrected chi connectivity index (χ1v) is 5.94. The number of rotatable bonds is 1. The van der Waals surface area contributed by atoms with Gasteiger partial charge in [0.25, 0.3) is 0 Å². The molecule has 0 saturated heterocycles. The second-order valence-corrected chi connectivity index (χ2v) is 4.51. The maximum atomic E-state index is 9.74. The predicted molar refractivity (Wildman–Crippen MR) is 67.4 cm³/mol. The van der Waals surface area contributed by atoms with E-state index in [1.54, 1.807) is 18.2 Å². The fourth-order valence-corrected chi connectivity index (χ4v) is 2.32. The lowest BCUT2D eigenvalue weighted by Gasteiger charge is -2.26. The summed E-state index contributed by atoms with van der Waals surface area (Å²) in [4.78, 5) is 0. The first-order chi connectivity index (χ1) is 8.74. The van der Waals surface area contributed by atoms with Gasteiger partial charge in [-0.15, -0.1) is 0 Å². The van der Waals surface area contributed by atoms with E-state index in [0.29, 0.717) is 12.4 Å². The van der Waals surface area contributed by atoms with Gasteiger partial charge in [-0.3, -0.25) is 0 Å². The van der Waals surface area contributed by atoms with Crippen molar-refractivity contribution in [2.24, 2.45) is 0 Å². The topological polar surface area (TPSA) is 49.7 Å². The van der Waals surface area contributed by atoms with E-state index in [1.807, 2.05) is 24.3 Å². The highest BCUT2D eigenvalue weighted by Crippen LogP contribution is 2.34. The Hall–Kier alpha value is -2.00. The molecule has 3 nitrogen and oxygen atoms in total. The molecular formula is C15H14O3. The summed E-state index contributed by atoms with van der Waals surface area (Å²) < 4.78 is 5.77. The van der Waals surface area contributed by atoms with E-state index in [2.05, 4.69) is 0 Å². The van der Waals surface area contributed by atoms with Gasteiger partial charge in [0.2, 0.25) is 0 Å². The average molecular weight is 242 g/mol. The monoisotopic (exact) mass is 242 g/mol. The van der Waals surface area contributed by atoms with Crippen LogP contribution in [-0.2, 0) is 17.8 Å². The van der Waals surface area contributed by atoms with Gasteiger partial charge >= 0.3 is 0 Å². The summed E-state index contributed by atoms with van der Waals surface area (Å²) >= 11 is 0. The molecule has 0 amide bonds. The van der Waals surface area contributed by atoms with Crippen molar-refractivity contribution >= 4 is 0 Å². The van der Waals surface area contributed by atoms with Crippen LogP contribution in [0.25, 0.3) is 0 Å². The summed E-state index contributed by atoms with van der Waals surface area (Å²) in [6, 6.07) is 12.6. The molecule has 1 heterocycles. The van der Waals surface area contributed by atoms with Crippen molar-refractivity contribution in [3.05, 3.63) is 59.2 Å². The quantitative estimate of drug-likeness (QED) is 0.808. The molecule has 92 valence electrons. The zero-order chi connectivity index (χ0) is 12.5. The van der Waals surface area contributed by atoms with E-state index in [0.717, 1.165) is 23.1 Å². The summed E-state index contributed by atoms with van der Waals surface area (Å²) in [6.07, 6.45) is 0.731. The molecule has 1 atom stereocenters. The number of ether oxygens (including phenoxy) is 1. The van der Waals surface area contributed by atoms with Crippen LogP contribution in [0.3, 0.4) is 0 Å². The maximum Gasteiger partial charge on any atom is 0.121 e. The molecule has 3 heteroatoms. The van der Waals surface area contributed by atoms with Crippen molar-refractivity contribution in [2.45, 2.75) is 19.1 Å². The van der Waals surface area contributed by atoms with Crippen molar-refractivity contribution in [1.82, 2.24) is 0 Å². The van der Waals surface area contributed by atoms with Gasteiger partial charge in [0, 0.05) is 12.0 Å². The number of benzene rings is 2. The van der Waals surface area contributed by atoms with Gasteiger partial charge in [-0.2, -0.15) is 0 Å². The lowest BCUT2D eigenvalue weighted by Crippen LogP contribution is -2.15. The molecule has 0 radical (unpaired) electrons. The molecule has 0 bridgehead atoms. The third-order valence-corrected chi connectivity index (χ3v) is 3.35. The van der Waals surface area contributed by atoms with Crippen molar-refractivity contribution < 1.29 is 14.9 Å². The third-order valence-electron chi connectivity index (χ3n) is 3.35. The fraction of sp³-hybridized carbons (Fsp3) is 0.200. The maximum absolute atomic E-state index is 9.74. The van der Waals surface area contributed by atoms with Crippen LogP contribution in [0.2, 0.25) is 0 Å². The van der Waals surface area contributed by atoms with Crippen LogP contribution in [0.5, 0.6) is 11.5 Å². The van der Waals surface area contributed by atoms with E-state index in [1.165, 1.54) is 0 Å². The molecule has 0 fully saturated rings. The number of aromatic hydroxyl groups is 2. The molecule has 3 rings (SSSR count). The molecular weight excluding hydrogens is 228 g/mol. The number of fused-ring (bicyclic) bond motifs is 1. The lowest BCUT2D eigenvalue weighted by molar-refractivity contribution is 0.0261. The largest absolute Gasteiger partial charge is 0.508 e. The van der Waals surface area contributed by atoms with Gasteiger partial charge < -0.3 is 14.9 Å². The molecule has 1 unspecified atom stereocenters. The first kappa shape index (κ1) is 11.1. The molecule has 0 aliphatic carbocycles. The minimum absolute atomic E-state index is 0.0140. The molecule has 1 aliphatic rings. The van der Waals surface area contributed by atoms with Gasteiger partial charge in [0.05, 0.1) is 12.7 Å². The third kappa shape index (κ3) is 1.93. The van der Waals surface area contributed by atoms with Gasteiger partial charge in [-0.25, -0.2) is 0 Å². The van der Waals surface area contributed by atoms with Gasteiger partial charge in [0.15, 0.2) is 0 Å². The molecule has 2 aromatic carbocycles. The second kappa shape index (κ2) is 4.35. The average Bonchev–Trinajstić information content (AvgIpc) is 2.39. The first-order valence-electron chi connectivity index (χ1n) is 5.94. The highest BCUT2D eigenvalue weighted by atomic mass is 16.5. The fourth-order valence-electron chi connectivity index (χ4n) is 2.32. The summed E-state index contributed by atoms with van der Waals surface area (Å²) in [5, 5.41) is 19.0. The Morgan fingerprint density at radius 3 is 2.56 bits per heavy atom. The van der Waals surface area contributed by atoms with Gasteiger partial charge in [-0.1, -0.05) is 24.3 Å². The zero-order valence-electron chi connectivity index (χ0n) is 9.84. The van der Waals surface area contributed by atoms with Crippen LogP contribution in [-0.4, -0.2) is 10.2 Å². The Balaban J connectivity index is 1.89. The molecule has 0 aromatic heterocycles. The molecule has 18 heavy (non-hydrogen) atoms. The molecule has 0 saturated carbocycles. The summed E-state index contributed by atoms with van der Waals surface area (Å²) in [7, 11) is 0. The van der Waals surface area contributed by atoms with Crippen molar-refractivity contribution in [3.63, 3.8) is 0 Å². The number of hydrogen-bond acceptors (Lipinski definition) is 3. The number of phenolic OH excluding ortho intramolecular Hbond substituents is 2. The summed E-state index contributed by atoms with van der Waals surface area (Å²) in [5.74, 6) is 0.560. The number of phenols is 2. The molecule has 2 N–H and O–H groups in total. The Morgan fingerprint density at radius 1 is 1.00 bits per heavy atom. The smallest absolute Gasteiger partial charge is 0.121 e. The van der Waals surface area contributed by atoms with Crippen LogP contribution in [0.15, 0.2) is 42.5 Å². The van der Waals surface area contributed by atoms with Crippen LogP contribution < -0.4 is 0 Å². The SMILES string of the molecule is Oc1ccc(C2Cc3cccc(O)c3CO2)cc1. The van der Waals surface area contributed by atoms with Gasteiger partial charge in [-0.05, 0) is 29.3 Å². The van der Waals surface area contributed by atoms with E-state index < -0.39 is 0 Å². The zero-order valence-corrected chi connectivity index (χ0v) is 9.84. The normalized spacial score (nSPS) is 18.3. The van der Waals surface area contributed by atoms with Gasteiger partial charge in [0.1, 0.15) is 11.5 Å². The minimum atomic E-state index is -0.0140. The molecule has 1 aliphatic heterocycles. The Bertz CT molecular complexity index is 560. The van der Waals surface area contributed by atoms with E-state index in [4.69, 9.17) is 4.74 Å². The summed E-state index contributed by atoms with van der Waals surface area (Å²) in [6.45, 7) is 0.424. The Labute approximate surface area is 105 Å². The van der Waals surface area contributed by atoms with Crippen LogP contribution in [0, 0.1) is 0 Å². The highest BCUT2D eigenvalue weighted by molar-refractivity contribution is 5.41. The highest BCUT2D eigenvalue weighted by Gasteiger charge is 2.22. The lowest BCUT2D eigenvalue weighted by atomic mass is 9.94. The van der Waals surface area contributed by atoms with Crippen LogP contribution in [0.1, 0.15) is 22.8 Å². The van der Waals surface area contributed by atoms with Crippen LogP contribution >= 0.6 is 0 Å². The van der Waals surface area contributed by atoms with E-state index in [-0.39, 0.29) is 11.9 Å². The molecule has 0 spiro atoms. The summed E-state index contributed by atoms with van der Waals surface area (Å²) in [5.41, 5.74) is 3.05. The standard InChI is InChI=1S/C15H14O3/c16-12-6-4-10(5-7-12)15-8-11-2-1-3-14(17)13(11)9-18-15/h1-7,15-17H,8-9H2. The second-order valence-electron chi connectivity index (χ2n) is 4.51.